The van der Waals surface area contributed by atoms with Crippen LogP contribution in [0, 0.1) is 0 Å². The number of ether oxygens (including phenoxy) is 2. The zero-order chi connectivity index (χ0) is 28.5. The van der Waals surface area contributed by atoms with E-state index in [2.05, 4.69) is 5.32 Å². The molecule has 0 saturated carbocycles. The second-order valence-corrected chi connectivity index (χ2v) is 11.1. The van der Waals surface area contributed by atoms with Gasteiger partial charge in [-0.1, -0.05) is 78.9 Å². The van der Waals surface area contributed by atoms with E-state index < -0.39 is 29.6 Å². The summed E-state index contributed by atoms with van der Waals surface area (Å²) in [6.07, 6.45) is 2.20. The zero-order valence-corrected chi connectivity index (χ0v) is 23.5. The lowest BCUT2D eigenvalue weighted by Crippen LogP contribution is -2.53. The van der Waals surface area contributed by atoms with Gasteiger partial charge >= 0.3 is 11.9 Å². The number of nitrogens with one attached hydrogen (secondary N) is 1. The molecular weight excluding hydrogens is 504 g/mol. The Kier molecular flexibility index (Phi) is 9.72. The Bertz CT molecular complexity index is 1290. The average molecular weight is 543 g/mol. The van der Waals surface area contributed by atoms with Crippen molar-refractivity contribution in [3.8, 4) is 0 Å². The molecule has 0 saturated heterocycles. The van der Waals surface area contributed by atoms with Crippen molar-refractivity contribution in [3.63, 3.8) is 0 Å². The molecule has 3 aromatic rings. The summed E-state index contributed by atoms with van der Waals surface area (Å²) < 4.78 is 11.2. The predicted molar refractivity (Wildman–Crippen MR) is 155 cm³/mol. The second kappa shape index (κ2) is 13.4. The molecule has 1 N–H and O–H groups in total. The predicted octanol–water partition coefficient (Wildman–Crippen LogP) is 5.01. The highest BCUT2D eigenvalue weighted by atomic mass is 16.6. The molecule has 1 aliphatic heterocycles. The number of nitrogens with zero attached hydrogens (tertiary/aromatic N) is 1. The topological polar surface area (TPSA) is 84.9 Å². The van der Waals surface area contributed by atoms with E-state index in [1.807, 2.05) is 84.9 Å². The Balaban J connectivity index is 1.54. The summed E-state index contributed by atoms with van der Waals surface area (Å²) in [6, 6.07) is 25.6. The van der Waals surface area contributed by atoms with Gasteiger partial charge in [0, 0.05) is 5.69 Å². The third-order valence-electron chi connectivity index (χ3n) is 6.73. The maximum Gasteiger partial charge on any atom is 0.326 e. The molecule has 210 valence electrons. The fourth-order valence-electron chi connectivity index (χ4n) is 4.83. The molecule has 0 aliphatic carbocycles. The Morgan fingerprint density at radius 1 is 0.925 bits per heavy atom. The number of carbonyl (C=O) groups is 3. The van der Waals surface area contributed by atoms with Crippen molar-refractivity contribution < 1.29 is 23.9 Å². The Morgan fingerprint density at radius 2 is 1.55 bits per heavy atom. The Morgan fingerprint density at radius 3 is 2.23 bits per heavy atom. The van der Waals surface area contributed by atoms with Crippen LogP contribution in [0.15, 0.2) is 84.9 Å². The fraction of sp³-hybridized carbons (Fsp3) is 0.364. The highest BCUT2D eigenvalue weighted by Crippen LogP contribution is 2.28. The fourth-order valence-corrected chi connectivity index (χ4v) is 4.83. The monoisotopic (exact) mass is 542 g/mol. The van der Waals surface area contributed by atoms with Crippen LogP contribution in [0.25, 0.3) is 0 Å². The zero-order valence-electron chi connectivity index (χ0n) is 23.5. The van der Waals surface area contributed by atoms with Crippen LogP contribution in [0.3, 0.4) is 0 Å². The standard InChI is InChI=1S/C33H38N2O5/c1-33(2,3)40-30(36)22-35-29-17-11-10-16-26(29)19-21-27(31(35)37)34-28(20-18-24-12-6-4-7-13-24)32(38)39-23-25-14-8-5-9-15-25/h4-17,27-28,34H,18-23H2,1-3H3/t27-,28+/m1/s1. The van der Waals surface area contributed by atoms with Gasteiger partial charge in [-0.2, -0.15) is 0 Å². The number of rotatable bonds is 10. The Labute approximate surface area is 236 Å². The van der Waals surface area contributed by atoms with Crippen LogP contribution in [0.5, 0.6) is 0 Å². The quantitative estimate of drug-likeness (QED) is 0.363. The Hall–Kier alpha value is -3.97. The first-order valence-electron chi connectivity index (χ1n) is 13.8. The van der Waals surface area contributed by atoms with Crippen LogP contribution in [-0.4, -0.2) is 42.1 Å². The lowest BCUT2D eigenvalue weighted by molar-refractivity contribution is -0.154. The van der Waals surface area contributed by atoms with Gasteiger partial charge in [0.1, 0.15) is 24.8 Å². The molecule has 1 amide bonds. The summed E-state index contributed by atoms with van der Waals surface area (Å²) in [4.78, 5) is 41.6. The van der Waals surface area contributed by atoms with E-state index in [9.17, 15) is 14.4 Å². The number of hydrogen-bond donors (Lipinski definition) is 1. The minimum absolute atomic E-state index is 0.151. The third kappa shape index (κ3) is 8.26. The van der Waals surface area contributed by atoms with E-state index in [0.717, 1.165) is 16.7 Å². The van der Waals surface area contributed by atoms with Crippen molar-refractivity contribution in [3.05, 3.63) is 102 Å². The average Bonchev–Trinajstić information content (AvgIpc) is 3.06. The summed E-state index contributed by atoms with van der Waals surface area (Å²) in [5.41, 5.74) is 2.97. The van der Waals surface area contributed by atoms with Gasteiger partial charge in [0.15, 0.2) is 0 Å². The van der Waals surface area contributed by atoms with Crippen LogP contribution < -0.4 is 10.2 Å². The number of esters is 2. The summed E-state index contributed by atoms with van der Waals surface area (Å²) in [5, 5.41) is 3.32. The van der Waals surface area contributed by atoms with Crippen molar-refractivity contribution in [2.24, 2.45) is 0 Å². The molecule has 0 bridgehead atoms. The van der Waals surface area contributed by atoms with Gasteiger partial charge in [-0.15, -0.1) is 0 Å². The summed E-state index contributed by atoms with van der Waals surface area (Å²) in [6.45, 7) is 5.33. The van der Waals surface area contributed by atoms with E-state index in [1.165, 1.54) is 4.90 Å². The largest absolute Gasteiger partial charge is 0.460 e. The lowest BCUT2D eigenvalue weighted by atomic mass is 10.0. The molecule has 7 heteroatoms. The van der Waals surface area contributed by atoms with Crippen molar-refractivity contribution in [1.29, 1.82) is 0 Å². The van der Waals surface area contributed by atoms with Gasteiger partial charge < -0.3 is 9.47 Å². The maximum atomic E-state index is 13.9. The number of carbonyl (C=O) groups excluding carboxylic acids is 3. The van der Waals surface area contributed by atoms with Gasteiger partial charge in [-0.25, -0.2) is 0 Å². The van der Waals surface area contributed by atoms with E-state index in [4.69, 9.17) is 9.47 Å². The number of aryl methyl sites for hydroxylation is 2. The summed E-state index contributed by atoms with van der Waals surface area (Å²) >= 11 is 0. The molecular formula is C33H38N2O5. The van der Waals surface area contributed by atoms with E-state index in [1.54, 1.807) is 20.8 Å². The number of benzene rings is 3. The van der Waals surface area contributed by atoms with Crippen molar-refractivity contribution >= 4 is 23.5 Å². The highest BCUT2D eigenvalue weighted by molar-refractivity contribution is 6.02. The summed E-state index contributed by atoms with van der Waals surface area (Å²) in [7, 11) is 0. The first-order valence-corrected chi connectivity index (χ1v) is 13.8. The number of fused-ring (bicyclic) bond motifs is 1. The van der Waals surface area contributed by atoms with Crippen LogP contribution >= 0.6 is 0 Å². The number of anilines is 1. The van der Waals surface area contributed by atoms with Crippen molar-refractivity contribution in [2.75, 3.05) is 11.4 Å². The third-order valence-corrected chi connectivity index (χ3v) is 6.73. The van der Waals surface area contributed by atoms with Crippen molar-refractivity contribution in [1.82, 2.24) is 5.32 Å². The van der Waals surface area contributed by atoms with Gasteiger partial charge in [0.2, 0.25) is 5.91 Å². The molecule has 0 spiro atoms. The molecule has 0 aromatic heterocycles. The van der Waals surface area contributed by atoms with Crippen molar-refractivity contribution in [2.45, 2.75) is 70.7 Å². The molecule has 3 aromatic carbocycles. The smallest absolute Gasteiger partial charge is 0.326 e. The second-order valence-electron chi connectivity index (χ2n) is 11.1. The lowest BCUT2D eigenvalue weighted by Gasteiger charge is -2.29. The number of amides is 1. The minimum Gasteiger partial charge on any atom is -0.460 e. The first kappa shape index (κ1) is 29.0. The normalized spacial score (nSPS) is 16.0. The molecule has 7 nitrogen and oxygen atoms in total. The molecule has 2 atom stereocenters. The van der Waals surface area contributed by atoms with Crippen LogP contribution in [0.4, 0.5) is 5.69 Å². The van der Waals surface area contributed by atoms with Crippen LogP contribution in [0.1, 0.15) is 50.3 Å². The highest BCUT2D eigenvalue weighted by Gasteiger charge is 2.35. The molecule has 1 aliphatic rings. The van der Waals surface area contributed by atoms with E-state index in [-0.39, 0.29) is 19.1 Å². The number of para-hydroxylation sites is 1. The molecule has 1 heterocycles. The molecule has 0 radical (unpaired) electrons. The molecule has 0 fully saturated rings. The van der Waals surface area contributed by atoms with Gasteiger partial charge in [-0.05, 0) is 69.2 Å². The van der Waals surface area contributed by atoms with Gasteiger partial charge in [-0.3, -0.25) is 24.6 Å². The minimum atomic E-state index is -0.706. The maximum absolute atomic E-state index is 13.9. The van der Waals surface area contributed by atoms with Gasteiger partial charge in [0.05, 0.1) is 6.04 Å². The number of hydrogen-bond acceptors (Lipinski definition) is 6. The van der Waals surface area contributed by atoms with E-state index in [0.29, 0.717) is 31.4 Å². The first-order chi connectivity index (χ1) is 19.2. The SMILES string of the molecule is CC(C)(C)OC(=O)CN1C(=O)[C@H](N[C@@H](CCc2ccccc2)C(=O)OCc2ccccc2)CCc2ccccc21. The molecule has 4 rings (SSSR count). The van der Waals surface area contributed by atoms with E-state index >= 15 is 0 Å². The molecule has 0 unspecified atom stereocenters. The summed E-state index contributed by atoms with van der Waals surface area (Å²) in [5.74, 6) is -1.16. The van der Waals surface area contributed by atoms with Gasteiger partial charge in [0.25, 0.3) is 0 Å². The van der Waals surface area contributed by atoms with Crippen LogP contribution in [0.2, 0.25) is 0 Å². The van der Waals surface area contributed by atoms with Crippen LogP contribution in [-0.2, 0) is 43.3 Å². The molecule has 40 heavy (non-hydrogen) atoms.